The lowest BCUT2D eigenvalue weighted by atomic mass is 10.2. The molecule has 2 aromatic heterocycles. The zero-order valence-corrected chi connectivity index (χ0v) is 21.9. The first-order valence-corrected chi connectivity index (χ1v) is 12.6. The van der Waals surface area contributed by atoms with Crippen molar-refractivity contribution in [2.45, 2.75) is 0 Å². The fraction of sp³-hybridized carbons (Fsp3) is 0. The molecule has 0 spiro atoms. The minimum absolute atomic E-state index is 0.199. The Morgan fingerprint density at radius 3 is 1.76 bits per heavy atom. The van der Waals surface area contributed by atoms with Gasteiger partial charge in [0.25, 0.3) is 0 Å². The van der Waals surface area contributed by atoms with Crippen LogP contribution in [-0.2, 0) is 0 Å². The lowest BCUT2D eigenvalue weighted by Gasteiger charge is -2.08. The maximum atomic E-state index is 12.5. The molecule has 6 aromatic rings. The Morgan fingerprint density at radius 1 is 0.595 bits per heavy atom. The molecule has 180 valence electrons. The van der Waals surface area contributed by atoms with E-state index >= 15 is 0 Å². The molecular weight excluding hydrogens is 604 g/mol. The SMILES string of the molecule is O=c1oc(-c2ccc(Oc3cccc(-c4nc5ccc(Br)cc5c(=O)o4)c3)cc2)nc2ccc(Br)cc12. The summed E-state index contributed by atoms with van der Waals surface area (Å²) in [5.41, 5.74) is 1.40. The Hall–Kier alpha value is -4.08. The summed E-state index contributed by atoms with van der Waals surface area (Å²) >= 11 is 6.71. The van der Waals surface area contributed by atoms with Crippen molar-refractivity contribution in [1.82, 2.24) is 9.97 Å². The third kappa shape index (κ3) is 4.71. The molecule has 9 heteroatoms. The summed E-state index contributed by atoms with van der Waals surface area (Å²) < 4.78 is 18.4. The van der Waals surface area contributed by atoms with Gasteiger partial charge in [0.1, 0.15) is 11.5 Å². The summed E-state index contributed by atoms with van der Waals surface area (Å²) in [6.07, 6.45) is 0. The van der Waals surface area contributed by atoms with Crippen LogP contribution < -0.4 is 16.0 Å². The van der Waals surface area contributed by atoms with E-state index in [0.29, 0.717) is 44.4 Å². The number of halogens is 2. The lowest BCUT2D eigenvalue weighted by Crippen LogP contribution is -2.03. The van der Waals surface area contributed by atoms with Crippen molar-refractivity contribution in [1.29, 1.82) is 0 Å². The minimum Gasteiger partial charge on any atom is -0.457 e. The molecule has 0 aliphatic carbocycles. The zero-order chi connectivity index (χ0) is 25.5. The molecule has 0 fully saturated rings. The summed E-state index contributed by atoms with van der Waals surface area (Å²) in [6, 6.07) is 24.7. The summed E-state index contributed by atoms with van der Waals surface area (Å²) in [4.78, 5) is 33.8. The third-order valence-electron chi connectivity index (χ3n) is 5.60. The van der Waals surface area contributed by atoms with Gasteiger partial charge >= 0.3 is 11.3 Å². The second kappa shape index (κ2) is 9.42. The Kier molecular flexibility index (Phi) is 5.94. The van der Waals surface area contributed by atoms with Crippen LogP contribution in [-0.4, -0.2) is 9.97 Å². The van der Waals surface area contributed by atoms with Crippen LogP contribution in [0.25, 0.3) is 44.7 Å². The molecule has 0 saturated carbocycles. The van der Waals surface area contributed by atoms with Crippen LogP contribution in [0.15, 0.2) is 112 Å². The van der Waals surface area contributed by atoms with Crippen molar-refractivity contribution in [3.8, 4) is 34.4 Å². The highest BCUT2D eigenvalue weighted by atomic mass is 79.9. The van der Waals surface area contributed by atoms with Crippen LogP contribution in [0.1, 0.15) is 0 Å². The maximum absolute atomic E-state index is 12.5. The van der Waals surface area contributed by atoms with Gasteiger partial charge in [-0.05, 0) is 78.9 Å². The van der Waals surface area contributed by atoms with Gasteiger partial charge in [-0.2, -0.15) is 0 Å². The van der Waals surface area contributed by atoms with E-state index < -0.39 is 11.3 Å². The average molecular weight is 618 g/mol. The van der Waals surface area contributed by atoms with E-state index in [1.54, 1.807) is 72.8 Å². The van der Waals surface area contributed by atoms with Gasteiger partial charge in [0.05, 0.1) is 21.8 Å². The van der Waals surface area contributed by atoms with Gasteiger partial charge in [-0.1, -0.05) is 37.9 Å². The number of hydrogen-bond donors (Lipinski definition) is 0. The molecule has 0 unspecified atom stereocenters. The largest absolute Gasteiger partial charge is 0.457 e. The Balaban J connectivity index is 1.27. The van der Waals surface area contributed by atoms with Crippen molar-refractivity contribution in [3.63, 3.8) is 0 Å². The van der Waals surface area contributed by atoms with Crippen LogP contribution in [0, 0.1) is 0 Å². The van der Waals surface area contributed by atoms with Gasteiger partial charge in [-0.15, -0.1) is 0 Å². The summed E-state index contributed by atoms with van der Waals surface area (Å²) in [6.45, 7) is 0. The van der Waals surface area contributed by atoms with Gasteiger partial charge in [-0.3, -0.25) is 0 Å². The maximum Gasteiger partial charge on any atom is 0.347 e. The van der Waals surface area contributed by atoms with E-state index in [1.165, 1.54) is 0 Å². The predicted octanol–water partition coefficient (Wildman–Crippen LogP) is 7.34. The molecule has 0 aliphatic heterocycles. The molecule has 0 radical (unpaired) electrons. The molecule has 0 saturated heterocycles. The third-order valence-corrected chi connectivity index (χ3v) is 6.58. The zero-order valence-electron chi connectivity index (χ0n) is 18.8. The molecule has 4 aromatic carbocycles. The molecule has 37 heavy (non-hydrogen) atoms. The fourth-order valence-electron chi connectivity index (χ4n) is 3.83. The number of aromatic nitrogens is 2. The van der Waals surface area contributed by atoms with Gasteiger partial charge in [0, 0.05) is 20.1 Å². The smallest absolute Gasteiger partial charge is 0.347 e. The van der Waals surface area contributed by atoms with E-state index in [1.807, 2.05) is 12.1 Å². The highest BCUT2D eigenvalue weighted by Gasteiger charge is 2.12. The van der Waals surface area contributed by atoms with Gasteiger partial charge < -0.3 is 13.6 Å². The number of ether oxygens (including phenoxy) is 1. The molecular formula is C28H14Br2N2O5. The minimum atomic E-state index is -0.468. The van der Waals surface area contributed by atoms with E-state index in [4.69, 9.17) is 13.6 Å². The van der Waals surface area contributed by atoms with Crippen molar-refractivity contribution in [2.75, 3.05) is 0 Å². The van der Waals surface area contributed by atoms with E-state index in [0.717, 1.165) is 8.95 Å². The highest BCUT2D eigenvalue weighted by molar-refractivity contribution is 9.10. The van der Waals surface area contributed by atoms with Gasteiger partial charge in [0.15, 0.2) is 0 Å². The quantitative estimate of drug-likeness (QED) is 0.204. The standard InChI is InChI=1S/C28H14Br2N2O5/c29-17-6-10-23-21(13-17)27(33)36-25(31-23)15-4-8-19(9-5-15)35-20-3-1-2-16(12-20)26-32-24-11-7-18(30)14-22(24)28(34)37-26/h1-14H. The Morgan fingerprint density at radius 2 is 1.16 bits per heavy atom. The fourth-order valence-corrected chi connectivity index (χ4v) is 4.55. The normalized spacial score (nSPS) is 11.2. The highest BCUT2D eigenvalue weighted by Crippen LogP contribution is 2.29. The van der Waals surface area contributed by atoms with Gasteiger partial charge in [-0.25, -0.2) is 19.6 Å². The molecule has 7 nitrogen and oxygen atoms in total. The number of rotatable bonds is 4. The first-order valence-electron chi connectivity index (χ1n) is 11.0. The molecule has 0 aliphatic rings. The van der Waals surface area contributed by atoms with Crippen molar-refractivity contribution in [2.24, 2.45) is 0 Å². The van der Waals surface area contributed by atoms with Crippen LogP contribution in [0.2, 0.25) is 0 Å². The second-order valence-corrected chi connectivity index (χ2v) is 9.92. The monoisotopic (exact) mass is 616 g/mol. The van der Waals surface area contributed by atoms with Crippen molar-refractivity contribution in [3.05, 3.63) is 115 Å². The number of hydrogen-bond acceptors (Lipinski definition) is 7. The van der Waals surface area contributed by atoms with E-state index in [9.17, 15) is 9.59 Å². The van der Waals surface area contributed by atoms with Crippen molar-refractivity contribution >= 4 is 53.7 Å². The van der Waals surface area contributed by atoms with E-state index in [2.05, 4.69) is 41.8 Å². The predicted molar refractivity (Wildman–Crippen MR) is 147 cm³/mol. The molecule has 0 bridgehead atoms. The molecule has 2 heterocycles. The summed E-state index contributed by atoms with van der Waals surface area (Å²) in [5.74, 6) is 1.51. The Labute approximate surface area is 225 Å². The van der Waals surface area contributed by atoms with Crippen LogP contribution in [0.4, 0.5) is 0 Å². The molecule has 0 N–H and O–H groups in total. The van der Waals surface area contributed by atoms with Crippen LogP contribution in [0.3, 0.4) is 0 Å². The molecule has 0 amide bonds. The Bertz CT molecular complexity index is 1930. The number of fused-ring (bicyclic) bond motifs is 2. The second-order valence-electron chi connectivity index (χ2n) is 8.09. The summed E-state index contributed by atoms with van der Waals surface area (Å²) in [7, 11) is 0. The van der Waals surface area contributed by atoms with E-state index in [-0.39, 0.29) is 11.8 Å². The van der Waals surface area contributed by atoms with Crippen molar-refractivity contribution < 1.29 is 13.6 Å². The van der Waals surface area contributed by atoms with Crippen LogP contribution in [0.5, 0.6) is 11.5 Å². The number of nitrogens with zero attached hydrogens (tertiary/aromatic N) is 2. The average Bonchev–Trinajstić information content (AvgIpc) is 2.90. The molecule has 0 atom stereocenters. The lowest BCUT2D eigenvalue weighted by molar-refractivity contribution is 0.481. The first kappa shape index (κ1) is 23.3. The first-order chi connectivity index (χ1) is 17.9. The van der Waals surface area contributed by atoms with Gasteiger partial charge in [0.2, 0.25) is 11.8 Å². The summed E-state index contributed by atoms with van der Waals surface area (Å²) in [5, 5.41) is 0.804. The topological polar surface area (TPSA) is 95.4 Å². The number of benzene rings is 4. The molecule has 6 rings (SSSR count). The van der Waals surface area contributed by atoms with Crippen LogP contribution >= 0.6 is 31.9 Å².